The highest BCUT2D eigenvalue weighted by atomic mass is 16.7. The third-order valence-corrected chi connectivity index (χ3v) is 15.4. The van der Waals surface area contributed by atoms with Gasteiger partial charge in [-0.2, -0.15) is 0 Å². The van der Waals surface area contributed by atoms with Gasteiger partial charge >= 0.3 is 11.9 Å². The fraction of sp³-hybridized carbons (Fsp3) is 0.574. The van der Waals surface area contributed by atoms with Gasteiger partial charge in [-0.05, 0) is 38.0 Å². The van der Waals surface area contributed by atoms with Gasteiger partial charge in [0.15, 0.2) is 5.75 Å². The number of hydrogen-bond donors (Lipinski definition) is 5. The maximum Gasteiger partial charge on any atom is 0.410 e. The van der Waals surface area contributed by atoms with E-state index in [0.717, 1.165) is 12.3 Å². The number of amides is 2. The predicted octanol–water partition coefficient (Wildman–Crippen LogP) is 5.73. The van der Waals surface area contributed by atoms with Crippen molar-refractivity contribution in [2.24, 2.45) is 39.6 Å². The van der Waals surface area contributed by atoms with Crippen molar-refractivity contribution in [1.82, 2.24) is 14.7 Å². The van der Waals surface area contributed by atoms with E-state index in [4.69, 9.17) is 28.4 Å². The topological polar surface area (TPSA) is 229 Å². The number of anilines is 1. The number of aromatic hydroxyl groups is 2. The molecule has 2 fully saturated rings. The number of phenols is 2. The molecule has 18 nitrogen and oxygen atoms in total. The van der Waals surface area contributed by atoms with E-state index in [2.05, 4.69) is 34.0 Å². The monoisotopic (exact) mass is 997 g/mol. The molecule has 0 radical (unpaired) electrons. The first kappa shape index (κ1) is 52.5. The fourth-order valence-corrected chi connectivity index (χ4v) is 10.9. The molecule has 9 atom stereocenters. The predicted molar refractivity (Wildman–Crippen MR) is 268 cm³/mol. The highest BCUT2D eigenvalue weighted by Gasteiger charge is 2.51. The van der Waals surface area contributed by atoms with Gasteiger partial charge in [-0.3, -0.25) is 19.5 Å². The standard InChI is InChI=1S/C54H72N6O12/c1-29(2)27-58-19-17-54(18-20-58)56-41-38-39-46(63)35(8)49-40(38)50(65)53(9,72-49)70-26-16-37(68-10)32(5)48(71-52(67)60-23-21-59(22-24-60)28-36-15-12-25-69-36)34(7)45(62)33(6)44(61)30(3)13-11-14-31(4)51(66)55-43(47(39)64)42(41)57-54/h11-16,25-26,29-30,32-34,37,44-45,48,56,61-64H,17-24,27-28H2,1-10H3/b13-11+,26-16+,31-14-,55-43?/t30-,32+,33+,34+,37-,44-,45+,48+,53-/m0/s1. The second-order valence-electron chi connectivity index (χ2n) is 21.1. The Labute approximate surface area is 420 Å². The van der Waals surface area contributed by atoms with E-state index >= 15 is 0 Å². The minimum Gasteiger partial charge on any atom is -0.507 e. The molecule has 0 unspecified atom stereocenters. The third-order valence-electron chi connectivity index (χ3n) is 15.4. The molecule has 2 aromatic carbocycles. The van der Waals surface area contributed by atoms with Gasteiger partial charge in [-0.1, -0.05) is 59.8 Å². The lowest BCUT2D eigenvalue weighted by Crippen LogP contribution is -2.52. The zero-order valence-electron chi connectivity index (χ0n) is 43.2. The van der Waals surface area contributed by atoms with Crippen LogP contribution in [0.25, 0.3) is 10.8 Å². The lowest BCUT2D eigenvalue weighted by molar-refractivity contribution is -0.114. The SMILES string of the molecule is CO[C@H]1/C=C/O[C@@]2(C)Oc3c(C)c(O)c4c(O)c(c5c(c4c3C2=O)NC2(CCN(CC(C)C)CC2)N=5)=NC(=O)/C(C)=C\C=C\[C@H](C)[C@H](O)[C@@H](C)[C@@H](O)[C@@H](C)[C@H](OC(=O)N2CCN(Cc3ccco3)CC2)[C@@H]1C. The summed E-state index contributed by atoms with van der Waals surface area (Å²) in [6.45, 7) is 21.0. The highest BCUT2D eigenvalue weighted by molar-refractivity contribution is 6.21. The summed E-state index contributed by atoms with van der Waals surface area (Å²) >= 11 is 0. The second kappa shape index (κ2) is 21.0. The van der Waals surface area contributed by atoms with Crippen molar-refractivity contribution in [2.45, 2.75) is 118 Å². The molecular formula is C54H72N6O12. The number of allylic oxidation sites excluding steroid dienone is 2. The molecule has 5 bridgehead atoms. The van der Waals surface area contributed by atoms with E-state index in [1.54, 1.807) is 70.1 Å². The minimum atomic E-state index is -1.98. The number of benzene rings is 2. The highest BCUT2D eigenvalue weighted by Crippen LogP contribution is 2.51. The molecule has 3 aromatic rings. The molecule has 390 valence electrons. The second-order valence-corrected chi connectivity index (χ2v) is 21.1. The summed E-state index contributed by atoms with van der Waals surface area (Å²) in [7, 11) is 1.49. The Morgan fingerprint density at radius 3 is 2.28 bits per heavy atom. The Morgan fingerprint density at radius 2 is 1.62 bits per heavy atom. The molecule has 18 heteroatoms. The van der Waals surface area contributed by atoms with Crippen molar-refractivity contribution in [1.29, 1.82) is 0 Å². The van der Waals surface area contributed by atoms with Crippen LogP contribution in [0.3, 0.4) is 0 Å². The van der Waals surface area contributed by atoms with Crippen LogP contribution in [0.5, 0.6) is 17.2 Å². The molecule has 0 aliphatic carbocycles. The van der Waals surface area contributed by atoms with E-state index in [0.29, 0.717) is 70.3 Å². The number of ether oxygens (including phenoxy) is 4. The minimum absolute atomic E-state index is 0.0481. The summed E-state index contributed by atoms with van der Waals surface area (Å²) in [6, 6.07) is 3.75. The van der Waals surface area contributed by atoms with Crippen LogP contribution in [0.2, 0.25) is 0 Å². The number of aliphatic hydroxyl groups excluding tert-OH is 2. The Balaban J connectivity index is 1.18. The number of carbonyl (C=O) groups is 3. The van der Waals surface area contributed by atoms with E-state index < -0.39 is 83.1 Å². The smallest absolute Gasteiger partial charge is 0.410 e. The Morgan fingerprint density at radius 1 is 0.917 bits per heavy atom. The Kier molecular flexibility index (Phi) is 15.3. The van der Waals surface area contributed by atoms with Crippen LogP contribution in [0.15, 0.2) is 68.9 Å². The number of methoxy groups -OCH3 is 1. The normalized spacial score (nSPS) is 31.1. The van der Waals surface area contributed by atoms with Gasteiger partial charge in [0.05, 0.1) is 54.0 Å². The zero-order chi connectivity index (χ0) is 52.0. The zero-order valence-corrected chi connectivity index (χ0v) is 43.2. The lowest BCUT2D eigenvalue weighted by Gasteiger charge is -2.40. The lowest BCUT2D eigenvalue weighted by atomic mass is 9.78. The van der Waals surface area contributed by atoms with Gasteiger partial charge in [-0.15, -0.1) is 0 Å². The van der Waals surface area contributed by atoms with Crippen molar-refractivity contribution in [3.63, 3.8) is 0 Å². The number of likely N-dealkylation sites (tertiary alicyclic amines) is 1. The maximum absolute atomic E-state index is 15.0. The summed E-state index contributed by atoms with van der Waals surface area (Å²) in [5, 5.41) is 51.5. The fourth-order valence-electron chi connectivity index (χ4n) is 10.9. The van der Waals surface area contributed by atoms with Gasteiger partial charge in [0, 0.05) is 113 Å². The molecule has 1 aromatic heterocycles. The number of fused-ring (bicyclic) bond motifs is 13. The van der Waals surface area contributed by atoms with Crippen LogP contribution in [-0.4, -0.2) is 142 Å². The van der Waals surface area contributed by atoms with Crippen LogP contribution < -0.4 is 20.8 Å². The van der Waals surface area contributed by atoms with Crippen LogP contribution in [0, 0.1) is 36.5 Å². The number of nitrogens with zero attached hydrogens (tertiary/aromatic N) is 5. The first-order valence-electron chi connectivity index (χ1n) is 25.3. The Hall–Kier alpha value is -5.79. The van der Waals surface area contributed by atoms with Gasteiger partial charge in [0.2, 0.25) is 0 Å². The molecule has 2 saturated heterocycles. The van der Waals surface area contributed by atoms with E-state index in [-0.39, 0.29) is 49.7 Å². The van der Waals surface area contributed by atoms with Gasteiger partial charge in [0.1, 0.15) is 39.7 Å². The number of aliphatic hydroxyl groups is 2. The van der Waals surface area contributed by atoms with Crippen molar-refractivity contribution < 1.29 is 58.2 Å². The molecule has 6 aliphatic rings. The summed E-state index contributed by atoms with van der Waals surface area (Å²) in [4.78, 5) is 58.9. The van der Waals surface area contributed by atoms with Crippen molar-refractivity contribution in [2.75, 3.05) is 58.2 Å². The number of ketones is 1. The van der Waals surface area contributed by atoms with Gasteiger partial charge in [-0.25, -0.2) is 9.79 Å². The molecule has 0 saturated carbocycles. The van der Waals surface area contributed by atoms with Crippen molar-refractivity contribution in [3.05, 3.63) is 82.1 Å². The number of nitrogens with one attached hydrogen (secondary N) is 1. The van der Waals surface area contributed by atoms with Crippen LogP contribution in [-0.2, 0) is 25.5 Å². The average Bonchev–Trinajstić information content (AvgIpc) is 4.08. The van der Waals surface area contributed by atoms with Crippen LogP contribution in [0.4, 0.5) is 10.5 Å². The molecule has 9 rings (SSSR count). The first-order valence-corrected chi connectivity index (χ1v) is 25.3. The summed E-state index contributed by atoms with van der Waals surface area (Å²) in [6.07, 6.45) is 5.99. The van der Waals surface area contributed by atoms with E-state index in [9.17, 15) is 34.8 Å². The van der Waals surface area contributed by atoms with Gasteiger partial charge < -0.3 is 58.9 Å². The van der Waals surface area contributed by atoms with Crippen LogP contribution >= 0.6 is 0 Å². The number of hydrogen-bond acceptors (Lipinski definition) is 16. The summed E-state index contributed by atoms with van der Waals surface area (Å²) in [5.41, 5.74) is -0.148. The van der Waals surface area contributed by atoms with E-state index in [1.165, 1.54) is 20.3 Å². The molecule has 2 amide bonds. The summed E-state index contributed by atoms with van der Waals surface area (Å²) in [5.74, 6) is -5.44. The third kappa shape index (κ3) is 10.1. The van der Waals surface area contributed by atoms with Crippen molar-refractivity contribution >= 4 is 34.2 Å². The van der Waals surface area contributed by atoms with Gasteiger partial charge in [0.25, 0.3) is 11.7 Å². The quantitative estimate of drug-likeness (QED) is 0.186. The number of carbonyl (C=O) groups excluding carboxylic acids is 3. The van der Waals surface area contributed by atoms with Crippen molar-refractivity contribution in [3.8, 4) is 17.2 Å². The molecule has 72 heavy (non-hydrogen) atoms. The molecule has 1 spiro atoms. The summed E-state index contributed by atoms with van der Waals surface area (Å²) < 4.78 is 30.5. The van der Waals surface area contributed by atoms with E-state index in [1.807, 2.05) is 19.1 Å². The largest absolute Gasteiger partial charge is 0.507 e. The van der Waals surface area contributed by atoms with Crippen LogP contribution in [0.1, 0.15) is 89.9 Å². The number of Topliss-reactive ketones (excluding diaryl/α,β-unsaturated/α-hetero) is 1. The number of furan rings is 1. The molecule has 7 heterocycles. The Bertz CT molecular complexity index is 2760. The number of piperidine rings is 1. The number of phenolic OH excluding ortho intramolecular Hbond substituents is 2. The molecule has 5 N–H and O–H groups in total. The maximum atomic E-state index is 15.0. The number of rotatable bonds is 6. The molecule has 6 aliphatic heterocycles. The molecular weight excluding hydrogens is 925 g/mol. The number of piperazine rings is 1. The average molecular weight is 997 g/mol. The first-order chi connectivity index (χ1) is 34.2.